The van der Waals surface area contributed by atoms with Gasteiger partial charge in [0, 0.05) is 51.0 Å². The molecule has 8 heteroatoms. The van der Waals surface area contributed by atoms with Crippen LogP contribution < -0.4 is 10.6 Å². The first-order chi connectivity index (χ1) is 16.6. The summed E-state index contributed by atoms with van der Waals surface area (Å²) in [5.74, 6) is 0.163. The van der Waals surface area contributed by atoms with Gasteiger partial charge in [0.25, 0.3) is 5.91 Å². The number of hydrogen-bond acceptors (Lipinski definition) is 6. The second kappa shape index (κ2) is 10.5. The Labute approximate surface area is 209 Å². The van der Waals surface area contributed by atoms with Crippen LogP contribution in [0.5, 0.6) is 0 Å². The van der Waals surface area contributed by atoms with Gasteiger partial charge in [-0.15, -0.1) is 0 Å². The summed E-state index contributed by atoms with van der Waals surface area (Å²) in [5, 5.41) is 17.4. The van der Waals surface area contributed by atoms with E-state index in [1.165, 1.54) is 0 Å². The predicted octanol–water partition coefficient (Wildman–Crippen LogP) is 2.38. The molecule has 4 atom stereocenters. The second-order valence-corrected chi connectivity index (χ2v) is 11.8. The fourth-order valence-corrected chi connectivity index (χ4v) is 6.78. The molecule has 0 bridgehead atoms. The number of ether oxygens (including phenoxy) is 1. The number of nitrogens with one attached hydrogen (secondary N) is 2. The smallest absolute Gasteiger partial charge is 0.253 e. The summed E-state index contributed by atoms with van der Waals surface area (Å²) in [5.41, 5.74) is -0.434. The lowest BCUT2D eigenvalue weighted by Gasteiger charge is -2.50. The lowest BCUT2D eigenvalue weighted by Crippen LogP contribution is -2.52. The van der Waals surface area contributed by atoms with Crippen LogP contribution in [0.15, 0.2) is 24.5 Å². The van der Waals surface area contributed by atoms with E-state index in [2.05, 4.69) is 34.4 Å². The van der Waals surface area contributed by atoms with Gasteiger partial charge >= 0.3 is 0 Å². The molecule has 0 aromatic carbocycles. The number of hydrogen-bond donors (Lipinski definition) is 3. The van der Waals surface area contributed by atoms with Crippen LogP contribution in [0.1, 0.15) is 69.7 Å². The van der Waals surface area contributed by atoms with Crippen LogP contribution in [0.2, 0.25) is 0 Å². The Bertz CT molecular complexity index is 884. The molecule has 1 aliphatic heterocycles. The zero-order valence-electron chi connectivity index (χ0n) is 21.5. The van der Waals surface area contributed by atoms with Crippen LogP contribution in [0, 0.1) is 16.7 Å². The van der Waals surface area contributed by atoms with Crippen LogP contribution in [-0.2, 0) is 9.53 Å². The first-order valence-electron chi connectivity index (χ1n) is 13.1. The van der Waals surface area contributed by atoms with E-state index in [-0.39, 0.29) is 34.6 Å². The van der Waals surface area contributed by atoms with E-state index in [0.29, 0.717) is 37.8 Å². The number of carbonyl (C=O) groups excluding carboxylic acids is 2. The van der Waals surface area contributed by atoms with E-state index in [9.17, 15) is 14.7 Å². The van der Waals surface area contributed by atoms with Gasteiger partial charge in [0.05, 0.1) is 24.4 Å². The normalized spacial score (nSPS) is 32.6. The number of nitrogens with zero attached hydrogens (tertiary/aromatic N) is 2. The van der Waals surface area contributed by atoms with Gasteiger partial charge < -0.3 is 20.5 Å². The second-order valence-electron chi connectivity index (χ2n) is 11.8. The standard InChI is InChI=1S/C27H42N4O4/c1-25(2)18-22(30-24(33)20-5-4-10-28-19-20)27(9-8-26(3,34)17-21(25)27)7-6-23(32)29-11-12-31-13-15-35-16-14-31/h4-5,10,19,21-22,34H,6-9,11-18H2,1-3H3,(H,29,32)(H,30,33). The quantitative estimate of drug-likeness (QED) is 0.521. The summed E-state index contributed by atoms with van der Waals surface area (Å²) in [4.78, 5) is 32.3. The topological polar surface area (TPSA) is 104 Å². The average Bonchev–Trinajstić information content (AvgIpc) is 3.04. The van der Waals surface area contributed by atoms with E-state index in [1.807, 2.05) is 6.92 Å². The highest BCUT2D eigenvalue weighted by Gasteiger charge is 2.61. The van der Waals surface area contributed by atoms with E-state index in [4.69, 9.17) is 4.74 Å². The highest BCUT2D eigenvalue weighted by Crippen LogP contribution is 2.63. The number of amides is 2. The van der Waals surface area contributed by atoms with Gasteiger partial charge in [0.1, 0.15) is 0 Å². The summed E-state index contributed by atoms with van der Waals surface area (Å²) in [6.45, 7) is 11.2. The minimum atomic E-state index is -0.714. The third-order valence-electron chi connectivity index (χ3n) is 8.73. The molecule has 4 rings (SSSR count). The van der Waals surface area contributed by atoms with E-state index in [1.54, 1.807) is 24.5 Å². The van der Waals surface area contributed by atoms with Crippen LogP contribution in [0.25, 0.3) is 0 Å². The highest BCUT2D eigenvalue weighted by atomic mass is 16.5. The molecule has 0 spiro atoms. The third kappa shape index (κ3) is 6.04. The maximum Gasteiger partial charge on any atom is 0.253 e. The van der Waals surface area contributed by atoms with Crippen molar-refractivity contribution in [1.82, 2.24) is 20.5 Å². The van der Waals surface area contributed by atoms with Gasteiger partial charge in [-0.05, 0) is 67.9 Å². The van der Waals surface area contributed by atoms with Crippen LogP contribution in [0.3, 0.4) is 0 Å². The zero-order valence-corrected chi connectivity index (χ0v) is 21.5. The molecule has 194 valence electrons. The molecule has 3 fully saturated rings. The van der Waals surface area contributed by atoms with Crippen molar-refractivity contribution < 1.29 is 19.4 Å². The first kappa shape index (κ1) is 26.0. The van der Waals surface area contributed by atoms with Crippen molar-refractivity contribution in [1.29, 1.82) is 0 Å². The fourth-order valence-electron chi connectivity index (χ4n) is 6.78. The molecule has 4 unspecified atom stereocenters. The number of rotatable bonds is 8. The fraction of sp³-hybridized carbons (Fsp3) is 0.741. The summed E-state index contributed by atoms with van der Waals surface area (Å²) >= 11 is 0. The maximum absolute atomic E-state index is 13.1. The van der Waals surface area contributed by atoms with Crippen LogP contribution in [-0.4, -0.2) is 77.8 Å². The summed E-state index contributed by atoms with van der Waals surface area (Å²) < 4.78 is 5.39. The molecule has 2 aliphatic carbocycles. The van der Waals surface area contributed by atoms with E-state index >= 15 is 0 Å². The van der Waals surface area contributed by atoms with Crippen molar-refractivity contribution in [2.45, 2.75) is 70.9 Å². The number of aliphatic hydroxyl groups is 1. The number of morpholine rings is 1. The van der Waals surface area contributed by atoms with Gasteiger partial charge in [0.2, 0.25) is 5.91 Å². The van der Waals surface area contributed by atoms with Crippen molar-refractivity contribution >= 4 is 11.8 Å². The van der Waals surface area contributed by atoms with Crippen molar-refractivity contribution in [2.24, 2.45) is 16.7 Å². The minimum Gasteiger partial charge on any atom is -0.390 e. The molecule has 3 aliphatic rings. The molecular weight excluding hydrogens is 444 g/mol. The Morgan fingerprint density at radius 2 is 1.97 bits per heavy atom. The molecule has 3 N–H and O–H groups in total. The van der Waals surface area contributed by atoms with Crippen molar-refractivity contribution in [3.63, 3.8) is 0 Å². The summed E-state index contributed by atoms with van der Waals surface area (Å²) in [6.07, 6.45) is 7.39. The van der Waals surface area contributed by atoms with Crippen molar-refractivity contribution in [3.05, 3.63) is 30.1 Å². The maximum atomic E-state index is 13.1. The Kier molecular flexibility index (Phi) is 7.83. The number of fused-ring (bicyclic) bond motifs is 1. The molecule has 1 saturated heterocycles. The lowest BCUT2D eigenvalue weighted by molar-refractivity contribution is -0.123. The number of carbonyl (C=O) groups is 2. The zero-order chi connectivity index (χ0) is 25.1. The SMILES string of the molecule is CC1(O)CCC2(CCC(=O)NCCN3CCOCC3)C(NC(=O)c3cccnc3)CC(C)(C)C2C1. The van der Waals surface area contributed by atoms with Crippen LogP contribution in [0.4, 0.5) is 0 Å². The van der Waals surface area contributed by atoms with Crippen molar-refractivity contribution in [3.8, 4) is 0 Å². The Morgan fingerprint density at radius 1 is 1.20 bits per heavy atom. The van der Waals surface area contributed by atoms with Gasteiger partial charge in [-0.3, -0.25) is 19.5 Å². The molecule has 2 heterocycles. The predicted molar refractivity (Wildman–Crippen MR) is 134 cm³/mol. The highest BCUT2D eigenvalue weighted by molar-refractivity contribution is 5.94. The molecule has 8 nitrogen and oxygen atoms in total. The third-order valence-corrected chi connectivity index (χ3v) is 8.73. The van der Waals surface area contributed by atoms with Crippen molar-refractivity contribution in [2.75, 3.05) is 39.4 Å². The van der Waals surface area contributed by atoms with Crippen LogP contribution >= 0.6 is 0 Å². The Morgan fingerprint density at radius 3 is 2.69 bits per heavy atom. The van der Waals surface area contributed by atoms with Gasteiger partial charge in [-0.1, -0.05) is 13.8 Å². The lowest BCUT2D eigenvalue weighted by atomic mass is 9.57. The van der Waals surface area contributed by atoms with E-state index < -0.39 is 5.60 Å². The molecule has 0 radical (unpaired) electrons. The average molecular weight is 487 g/mol. The molecule has 2 saturated carbocycles. The Hall–Kier alpha value is -2.03. The number of pyridine rings is 1. The molecule has 1 aromatic heterocycles. The van der Waals surface area contributed by atoms with Gasteiger partial charge in [-0.25, -0.2) is 0 Å². The molecule has 2 amide bonds. The Balaban J connectivity index is 1.44. The van der Waals surface area contributed by atoms with Gasteiger partial charge in [0.15, 0.2) is 0 Å². The largest absolute Gasteiger partial charge is 0.390 e. The molecule has 1 aromatic rings. The van der Waals surface area contributed by atoms with E-state index in [0.717, 1.165) is 45.7 Å². The minimum absolute atomic E-state index is 0.0487. The molecular formula is C27H42N4O4. The molecule has 35 heavy (non-hydrogen) atoms. The number of aromatic nitrogens is 1. The summed E-state index contributed by atoms with van der Waals surface area (Å²) in [7, 11) is 0. The van der Waals surface area contributed by atoms with Gasteiger partial charge in [-0.2, -0.15) is 0 Å². The first-order valence-corrected chi connectivity index (χ1v) is 13.1. The monoisotopic (exact) mass is 486 g/mol. The summed E-state index contributed by atoms with van der Waals surface area (Å²) in [6, 6.07) is 3.50.